The summed E-state index contributed by atoms with van der Waals surface area (Å²) in [6.45, 7) is 5.82. The van der Waals surface area contributed by atoms with E-state index in [1.807, 2.05) is 44.2 Å². The Morgan fingerprint density at radius 1 is 1.17 bits per heavy atom. The Balaban J connectivity index is 1.91. The second-order valence-corrected chi connectivity index (χ2v) is 6.61. The molecule has 0 radical (unpaired) electrons. The number of hydrogen-bond donors (Lipinski definition) is 2. The highest BCUT2D eigenvalue weighted by molar-refractivity contribution is 7.17. The SMILES string of the molecule is CC(=NO)c1sc(-c2cccc(Nc3cc(C)ccn3)n2)cc1C. The molecule has 3 aromatic heterocycles. The van der Waals surface area contributed by atoms with Crippen molar-refractivity contribution in [3.05, 3.63) is 58.6 Å². The Labute approximate surface area is 144 Å². The second kappa shape index (κ2) is 6.80. The lowest BCUT2D eigenvalue weighted by atomic mass is 10.2. The Morgan fingerprint density at radius 2 is 2.00 bits per heavy atom. The molecule has 2 N–H and O–H groups in total. The number of hydrogen-bond acceptors (Lipinski definition) is 6. The molecule has 0 aliphatic carbocycles. The molecule has 0 spiro atoms. The highest BCUT2D eigenvalue weighted by Crippen LogP contribution is 2.31. The molecule has 0 saturated heterocycles. The Bertz CT molecular complexity index is 902. The molecule has 3 rings (SSSR count). The van der Waals surface area contributed by atoms with E-state index in [1.165, 1.54) is 0 Å². The first kappa shape index (κ1) is 16.1. The summed E-state index contributed by atoms with van der Waals surface area (Å²) in [4.78, 5) is 11.0. The van der Waals surface area contributed by atoms with Crippen LogP contribution in [0.3, 0.4) is 0 Å². The van der Waals surface area contributed by atoms with Crippen LogP contribution in [0.25, 0.3) is 10.6 Å². The van der Waals surface area contributed by atoms with Crippen molar-refractivity contribution in [1.29, 1.82) is 0 Å². The van der Waals surface area contributed by atoms with Crippen LogP contribution in [0.2, 0.25) is 0 Å². The van der Waals surface area contributed by atoms with Gasteiger partial charge in [-0.1, -0.05) is 11.2 Å². The van der Waals surface area contributed by atoms with Gasteiger partial charge in [0.1, 0.15) is 11.6 Å². The zero-order valence-electron chi connectivity index (χ0n) is 13.7. The van der Waals surface area contributed by atoms with Crippen LogP contribution in [0.4, 0.5) is 11.6 Å². The minimum atomic E-state index is 0.613. The van der Waals surface area contributed by atoms with Crippen molar-refractivity contribution in [2.45, 2.75) is 20.8 Å². The largest absolute Gasteiger partial charge is 0.411 e. The molecule has 5 nitrogen and oxygen atoms in total. The van der Waals surface area contributed by atoms with E-state index < -0.39 is 0 Å². The smallest absolute Gasteiger partial charge is 0.132 e. The standard InChI is InChI=1S/C18H18N4OS/c1-11-7-8-19-17(9-11)21-16-6-4-5-14(20-16)15-10-12(2)18(24-15)13(3)22-23/h4-10,23H,1-3H3,(H,19,20,21). The van der Waals surface area contributed by atoms with Crippen LogP contribution in [0.5, 0.6) is 0 Å². The molecule has 0 saturated carbocycles. The van der Waals surface area contributed by atoms with Gasteiger partial charge in [0.05, 0.1) is 21.2 Å². The average Bonchev–Trinajstić information content (AvgIpc) is 2.96. The fourth-order valence-electron chi connectivity index (χ4n) is 2.39. The maximum atomic E-state index is 8.99. The van der Waals surface area contributed by atoms with Gasteiger partial charge in [0.2, 0.25) is 0 Å². The first-order valence-corrected chi connectivity index (χ1v) is 8.35. The summed E-state index contributed by atoms with van der Waals surface area (Å²) in [5.41, 5.74) is 3.70. The molecule has 0 aromatic carbocycles. The summed E-state index contributed by atoms with van der Waals surface area (Å²) < 4.78 is 0. The number of thiophene rings is 1. The highest BCUT2D eigenvalue weighted by atomic mass is 32.1. The van der Waals surface area contributed by atoms with E-state index in [4.69, 9.17) is 5.21 Å². The van der Waals surface area contributed by atoms with Crippen molar-refractivity contribution in [3.63, 3.8) is 0 Å². The number of aryl methyl sites for hydroxylation is 2. The van der Waals surface area contributed by atoms with Crippen LogP contribution in [0.15, 0.2) is 47.8 Å². The van der Waals surface area contributed by atoms with Crippen LogP contribution in [0.1, 0.15) is 22.9 Å². The number of rotatable bonds is 4. The summed E-state index contributed by atoms with van der Waals surface area (Å²) in [5, 5.41) is 15.5. The van der Waals surface area contributed by atoms with Crippen LogP contribution in [-0.4, -0.2) is 20.9 Å². The third kappa shape index (κ3) is 3.44. The van der Waals surface area contributed by atoms with Crippen molar-refractivity contribution in [1.82, 2.24) is 9.97 Å². The molecule has 0 amide bonds. The third-order valence-corrected chi connectivity index (χ3v) is 4.94. The molecule has 6 heteroatoms. The molecule has 0 bridgehead atoms. The Hall–Kier alpha value is -2.73. The molecule has 0 aliphatic heterocycles. The molecular formula is C18H18N4OS. The zero-order chi connectivity index (χ0) is 17.1. The molecular weight excluding hydrogens is 320 g/mol. The number of nitrogens with one attached hydrogen (secondary N) is 1. The molecule has 24 heavy (non-hydrogen) atoms. The van der Waals surface area contributed by atoms with Gasteiger partial charge in [-0.05, 0) is 62.2 Å². The third-order valence-electron chi connectivity index (χ3n) is 3.57. The second-order valence-electron chi connectivity index (χ2n) is 5.56. The van der Waals surface area contributed by atoms with E-state index in [0.29, 0.717) is 5.71 Å². The Kier molecular flexibility index (Phi) is 4.57. The normalized spacial score (nSPS) is 11.5. The average molecular weight is 338 g/mol. The molecule has 0 unspecified atom stereocenters. The summed E-state index contributed by atoms with van der Waals surface area (Å²) in [6, 6.07) is 11.8. The van der Waals surface area contributed by atoms with E-state index >= 15 is 0 Å². The predicted molar refractivity (Wildman–Crippen MR) is 98.5 cm³/mol. The lowest BCUT2D eigenvalue weighted by molar-refractivity contribution is 0.319. The topological polar surface area (TPSA) is 70.4 Å². The molecule has 3 heterocycles. The molecule has 3 aromatic rings. The van der Waals surface area contributed by atoms with Gasteiger partial charge in [-0.2, -0.15) is 0 Å². The van der Waals surface area contributed by atoms with E-state index in [9.17, 15) is 0 Å². The quantitative estimate of drug-likeness (QED) is 0.408. The fourth-order valence-corrected chi connectivity index (χ4v) is 3.47. The van der Waals surface area contributed by atoms with Crippen molar-refractivity contribution < 1.29 is 5.21 Å². The van der Waals surface area contributed by atoms with Crippen LogP contribution in [0, 0.1) is 13.8 Å². The van der Waals surface area contributed by atoms with Crippen LogP contribution in [-0.2, 0) is 0 Å². The van der Waals surface area contributed by atoms with E-state index in [0.717, 1.165) is 38.2 Å². The lowest BCUT2D eigenvalue weighted by Crippen LogP contribution is -1.96. The number of oxime groups is 1. The number of pyridine rings is 2. The molecule has 0 fully saturated rings. The number of aromatic nitrogens is 2. The highest BCUT2D eigenvalue weighted by Gasteiger charge is 2.11. The maximum Gasteiger partial charge on any atom is 0.132 e. The monoisotopic (exact) mass is 338 g/mol. The van der Waals surface area contributed by atoms with Crippen molar-refractivity contribution in [2.24, 2.45) is 5.16 Å². The summed E-state index contributed by atoms with van der Waals surface area (Å²) in [6.07, 6.45) is 1.77. The van der Waals surface area contributed by atoms with Gasteiger partial charge >= 0.3 is 0 Å². The number of nitrogens with zero attached hydrogens (tertiary/aromatic N) is 3. The fraction of sp³-hybridized carbons (Fsp3) is 0.167. The van der Waals surface area contributed by atoms with Gasteiger partial charge in [-0.25, -0.2) is 9.97 Å². The van der Waals surface area contributed by atoms with E-state index in [1.54, 1.807) is 24.5 Å². The predicted octanol–water partition coefficient (Wildman–Crippen LogP) is 4.76. The maximum absolute atomic E-state index is 8.99. The first-order chi connectivity index (χ1) is 11.6. The van der Waals surface area contributed by atoms with Gasteiger partial charge in [-0.15, -0.1) is 11.3 Å². The minimum Gasteiger partial charge on any atom is -0.411 e. The van der Waals surface area contributed by atoms with Gasteiger partial charge in [-0.3, -0.25) is 0 Å². The van der Waals surface area contributed by atoms with Gasteiger partial charge in [0, 0.05) is 6.20 Å². The van der Waals surface area contributed by atoms with Crippen molar-refractivity contribution >= 4 is 28.7 Å². The molecule has 0 aliphatic rings. The summed E-state index contributed by atoms with van der Waals surface area (Å²) in [5.74, 6) is 1.51. The Morgan fingerprint density at radius 3 is 2.75 bits per heavy atom. The van der Waals surface area contributed by atoms with E-state index in [-0.39, 0.29) is 0 Å². The minimum absolute atomic E-state index is 0.613. The number of anilines is 2. The van der Waals surface area contributed by atoms with Gasteiger partial charge in [0.25, 0.3) is 0 Å². The summed E-state index contributed by atoms with van der Waals surface area (Å²) >= 11 is 1.57. The van der Waals surface area contributed by atoms with Crippen molar-refractivity contribution in [2.75, 3.05) is 5.32 Å². The van der Waals surface area contributed by atoms with Gasteiger partial charge < -0.3 is 10.5 Å². The summed E-state index contributed by atoms with van der Waals surface area (Å²) in [7, 11) is 0. The van der Waals surface area contributed by atoms with Crippen LogP contribution < -0.4 is 5.32 Å². The lowest BCUT2D eigenvalue weighted by Gasteiger charge is -2.06. The van der Waals surface area contributed by atoms with Gasteiger partial charge in [0.15, 0.2) is 0 Å². The first-order valence-electron chi connectivity index (χ1n) is 7.53. The van der Waals surface area contributed by atoms with Crippen molar-refractivity contribution in [3.8, 4) is 10.6 Å². The molecule has 122 valence electrons. The molecule has 0 atom stereocenters. The van der Waals surface area contributed by atoms with Crippen LogP contribution >= 0.6 is 11.3 Å². The van der Waals surface area contributed by atoms with E-state index in [2.05, 4.69) is 26.5 Å². The zero-order valence-corrected chi connectivity index (χ0v) is 14.6.